The molecule has 6 nitrogen and oxygen atoms in total. The summed E-state index contributed by atoms with van der Waals surface area (Å²) in [5, 5.41) is 10.6. The van der Waals surface area contributed by atoms with Gasteiger partial charge in [0.1, 0.15) is 4.21 Å². The van der Waals surface area contributed by atoms with Gasteiger partial charge in [0.05, 0.1) is 4.92 Å². The van der Waals surface area contributed by atoms with Crippen LogP contribution in [-0.4, -0.2) is 26.1 Å². The van der Waals surface area contributed by atoms with E-state index in [9.17, 15) is 31.7 Å². The van der Waals surface area contributed by atoms with Crippen molar-refractivity contribution in [1.29, 1.82) is 0 Å². The molecule has 0 atom stereocenters. The van der Waals surface area contributed by atoms with Crippen LogP contribution in [0.15, 0.2) is 10.3 Å². The van der Waals surface area contributed by atoms with Gasteiger partial charge < -0.3 is 0 Å². The van der Waals surface area contributed by atoms with Crippen LogP contribution in [0.1, 0.15) is 19.3 Å². The molecule has 120 valence electrons. The van der Waals surface area contributed by atoms with Crippen LogP contribution in [0.2, 0.25) is 4.34 Å². The average Bonchev–Trinajstić information content (AvgIpc) is 2.70. The standard InChI is InChI=1S/C9H10ClF3N2O4S2/c10-8-6(15(16)17)5-7(20-8)21(18,19)14-4-2-1-3-9(11,12)13/h5,14H,1-4H2. The maximum Gasteiger partial charge on any atom is 0.389 e. The summed E-state index contributed by atoms with van der Waals surface area (Å²) < 4.78 is 60.7. The molecule has 1 aromatic heterocycles. The van der Waals surface area contributed by atoms with Crippen molar-refractivity contribution in [2.24, 2.45) is 0 Å². The average molecular weight is 367 g/mol. The molecule has 1 rings (SSSR count). The van der Waals surface area contributed by atoms with Gasteiger partial charge in [0.25, 0.3) is 5.69 Å². The second-order valence-corrected chi connectivity index (χ2v) is 7.60. The summed E-state index contributed by atoms with van der Waals surface area (Å²) in [6, 6.07) is 0.811. The molecule has 0 fully saturated rings. The molecule has 12 heteroatoms. The fraction of sp³-hybridized carbons (Fsp3) is 0.556. The number of nitrogens with one attached hydrogen (secondary N) is 1. The molecule has 1 aromatic rings. The predicted molar refractivity (Wildman–Crippen MR) is 71.1 cm³/mol. The molecule has 1 N–H and O–H groups in total. The summed E-state index contributed by atoms with van der Waals surface area (Å²) in [4.78, 5) is 9.74. The Morgan fingerprint density at radius 3 is 2.48 bits per heavy atom. The first-order chi connectivity index (χ1) is 9.53. The fourth-order valence-electron chi connectivity index (χ4n) is 1.32. The lowest BCUT2D eigenvalue weighted by Crippen LogP contribution is -2.24. The van der Waals surface area contributed by atoms with E-state index < -0.39 is 33.2 Å². The molecule has 0 aromatic carbocycles. The largest absolute Gasteiger partial charge is 0.389 e. The lowest BCUT2D eigenvalue weighted by atomic mass is 10.2. The van der Waals surface area contributed by atoms with E-state index in [2.05, 4.69) is 4.72 Å². The van der Waals surface area contributed by atoms with Crippen molar-refractivity contribution >= 4 is 38.6 Å². The van der Waals surface area contributed by atoms with Crippen molar-refractivity contribution in [3.05, 3.63) is 20.5 Å². The van der Waals surface area contributed by atoms with Crippen molar-refractivity contribution in [2.75, 3.05) is 6.54 Å². The molecular weight excluding hydrogens is 357 g/mol. The van der Waals surface area contributed by atoms with Gasteiger partial charge in [-0.2, -0.15) is 13.2 Å². The molecular formula is C9H10ClF3N2O4S2. The summed E-state index contributed by atoms with van der Waals surface area (Å²) in [5.41, 5.74) is -0.529. The number of hydrogen-bond acceptors (Lipinski definition) is 5. The minimum atomic E-state index is -4.28. The van der Waals surface area contributed by atoms with Crippen LogP contribution >= 0.6 is 22.9 Å². The van der Waals surface area contributed by atoms with Crippen molar-refractivity contribution in [2.45, 2.75) is 29.6 Å². The van der Waals surface area contributed by atoms with Crippen LogP contribution in [0.25, 0.3) is 0 Å². The maximum absolute atomic E-state index is 11.9. The molecule has 0 bridgehead atoms. The summed E-state index contributed by atoms with van der Waals surface area (Å²) >= 11 is 6.05. The second-order valence-electron chi connectivity index (χ2n) is 3.95. The van der Waals surface area contributed by atoms with E-state index in [1.165, 1.54) is 0 Å². The number of thiophene rings is 1. The number of unbranched alkanes of at least 4 members (excludes halogenated alkanes) is 1. The summed E-state index contributed by atoms with van der Waals surface area (Å²) in [6.07, 6.45) is -5.48. The Labute approximate surface area is 127 Å². The number of nitrogens with zero attached hydrogens (tertiary/aromatic N) is 1. The molecule has 0 saturated carbocycles. The first kappa shape index (κ1) is 18.1. The lowest BCUT2D eigenvalue weighted by Gasteiger charge is -2.06. The number of alkyl halides is 3. The Bertz CT molecular complexity index is 615. The summed E-state index contributed by atoms with van der Waals surface area (Å²) in [7, 11) is -4.01. The quantitative estimate of drug-likeness (QED) is 0.455. The number of halogens is 4. The van der Waals surface area contributed by atoms with Gasteiger partial charge in [-0.05, 0) is 12.8 Å². The van der Waals surface area contributed by atoms with Gasteiger partial charge in [-0.25, -0.2) is 13.1 Å². The Kier molecular flexibility index (Phi) is 5.96. The van der Waals surface area contributed by atoms with E-state index >= 15 is 0 Å². The Morgan fingerprint density at radius 1 is 1.38 bits per heavy atom. The molecule has 1 heterocycles. The highest BCUT2D eigenvalue weighted by Crippen LogP contribution is 2.36. The fourth-order valence-corrected chi connectivity index (χ4v) is 4.11. The number of hydrogen-bond donors (Lipinski definition) is 1. The van der Waals surface area contributed by atoms with E-state index in [0.717, 1.165) is 6.07 Å². The lowest BCUT2D eigenvalue weighted by molar-refractivity contribution is -0.384. The molecule has 0 aliphatic rings. The van der Waals surface area contributed by atoms with E-state index in [0.29, 0.717) is 11.3 Å². The molecule has 0 amide bonds. The number of sulfonamides is 1. The van der Waals surface area contributed by atoms with Gasteiger partial charge in [-0.3, -0.25) is 10.1 Å². The third-order valence-corrected chi connectivity index (χ3v) is 5.56. The van der Waals surface area contributed by atoms with Gasteiger partial charge in [0.2, 0.25) is 10.0 Å². The topological polar surface area (TPSA) is 89.3 Å². The van der Waals surface area contributed by atoms with Crippen molar-refractivity contribution < 1.29 is 26.5 Å². The Morgan fingerprint density at radius 2 is 2.00 bits per heavy atom. The van der Waals surface area contributed by atoms with E-state index in [1.807, 2.05) is 0 Å². The van der Waals surface area contributed by atoms with Crippen LogP contribution in [0.4, 0.5) is 18.9 Å². The number of nitro groups is 1. The third kappa shape index (κ3) is 5.77. The van der Waals surface area contributed by atoms with Gasteiger partial charge in [-0.1, -0.05) is 11.6 Å². The molecule has 0 aliphatic carbocycles. The SMILES string of the molecule is O=[N+]([O-])c1cc(S(=O)(=O)NCCCCC(F)(F)F)sc1Cl. The highest BCUT2D eigenvalue weighted by atomic mass is 35.5. The van der Waals surface area contributed by atoms with Gasteiger partial charge >= 0.3 is 6.18 Å². The molecule has 21 heavy (non-hydrogen) atoms. The smallest absolute Gasteiger partial charge is 0.258 e. The normalized spacial score (nSPS) is 12.6. The highest BCUT2D eigenvalue weighted by Gasteiger charge is 2.27. The van der Waals surface area contributed by atoms with Gasteiger partial charge in [-0.15, -0.1) is 11.3 Å². The third-order valence-electron chi connectivity index (χ3n) is 2.29. The van der Waals surface area contributed by atoms with Crippen molar-refractivity contribution in [3.8, 4) is 0 Å². The first-order valence-corrected chi connectivity index (χ1v) is 8.21. The predicted octanol–water partition coefficient (Wildman–Crippen LogP) is 3.32. The van der Waals surface area contributed by atoms with E-state index in [4.69, 9.17) is 11.6 Å². The Balaban J connectivity index is 2.58. The van der Waals surface area contributed by atoms with Gasteiger partial charge in [0, 0.05) is 19.0 Å². The van der Waals surface area contributed by atoms with E-state index in [-0.39, 0.29) is 27.9 Å². The minimum absolute atomic E-state index is 0.0000589. The van der Waals surface area contributed by atoms with Crippen LogP contribution in [0.3, 0.4) is 0 Å². The monoisotopic (exact) mass is 366 g/mol. The summed E-state index contributed by atoms with van der Waals surface area (Å²) in [5.74, 6) is 0. The zero-order chi connectivity index (χ0) is 16.3. The second kappa shape index (κ2) is 6.90. The highest BCUT2D eigenvalue weighted by molar-refractivity contribution is 7.91. The van der Waals surface area contributed by atoms with Crippen LogP contribution in [0.5, 0.6) is 0 Å². The maximum atomic E-state index is 11.9. The van der Waals surface area contributed by atoms with Crippen LogP contribution in [-0.2, 0) is 10.0 Å². The minimum Gasteiger partial charge on any atom is -0.258 e. The molecule has 0 saturated heterocycles. The number of rotatable bonds is 7. The first-order valence-electron chi connectivity index (χ1n) is 5.53. The van der Waals surface area contributed by atoms with Crippen molar-refractivity contribution in [1.82, 2.24) is 4.72 Å². The molecule has 0 unspecified atom stereocenters. The molecule has 0 spiro atoms. The Hall–Kier alpha value is -0.910. The van der Waals surface area contributed by atoms with Gasteiger partial charge in [0.15, 0.2) is 4.34 Å². The zero-order valence-electron chi connectivity index (χ0n) is 10.3. The zero-order valence-corrected chi connectivity index (χ0v) is 12.7. The summed E-state index contributed by atoms with van der Waals surface area (Å²) in [6.45, 7) is -0.193. The molecule has 0 radical (unpaired) electrons. The molecule has 0 aliphatic heterocycles. The van der Waals surface area contributed by atoms with Crippen LogP contribution in [0, 0.1) is 10.1 Å². The van der Waals surface area contributed by atoms with Crippen LogP contribution < -0.4 is 4.72 Å². The van der Waals surface area contributed by atoms with E-state index in [1.54, 1.807) is 0 Å². The van der Waals surface area contributed by atoms with Crippen molar-refractivity contribution in [3.63, 3.8) is 0 Å².